The van der Waals surface area contributed by atoms with Gasteiger partial charge < -0.3 is 19.5 Å². The molecule has 1 aromatic carbocycles. The van der Waals surface area contributed by atoms with Gasteiger partial charge in [0.25, 0.3) is 5.91 Å². The summed E-state index contributed by atoms with van der Waals surface area (Å²) >= 11 is 0. The molecule has 1 saturated heterocycles. The van der Waals surface area contributed by atoms with Crippen LogP contribution in [0.25, 0.3) is 0 Å². The molecular weight excluding hydrogens is 392 g/mol. The molecule has 2 amide bonds. The summed E-state index contributed by atoms with van der Waals surface area (Å²) in [5, 5.41) is 3.01. The normalized spacial score (nSPS) is 19.4. The van der Waals surface area contributed by atoms with E-state index < -0.39 is 0 Å². The highest BCUT2D eigenvalue weighted by molar-refractivity contribution is 5.93. The van der Waals surface area contributed by atoms with Gasteiger partial charge in [0.15, 0.2) is 5.69 Å². The number of aryl methyl sites for hydroxylation is 1. The molecule has 1 unspecified atom stereocenters. The maximum absolute atomic E-state index is 13.1. The Hall–Kier alpha value is -2.67. The minimum absolute atomic E-state index is 0.0164. The number of benzene rings is 1. The number of hydrogen-bond acceptors (Lipinski definition) is 4. The standard InChI is InChI=1S/C24H32N4O3/c1-16(2)12-25-23(29)19-8-10-27(11-9-19)24(30)22-20-14-31-21(13-28(20)15-26-22)18-6-4-17(3)5-7-18/h4-7,15-16,19,21H,8-14H2,1-3H3,(H,25,29). The third kappa shape index (κ3) is 4.82. The van der Waals surface area contributed by atoms with Crippen LogP contribution in [0.5, 0.6) is 0 Å². The van der Waals surface area contributed by atoms with E-state index in [4.69, 9.17) is 4.74 Å². The van der Waals surface area contributed by atoms with Gasteiger partial charge in [0.1, 0.15) is 6.10 Å². The molecule has 7 heteroatoms. The summed E-state index contributed by atoms with van der Waals surface area (Å²) < 4.78 is 8.11. The van der Waals surface area contributed by atoms with Gasteiger partial charge in [0.2, 0.25) is 5.91 Å². The summed E-state index contributed by atoms with van der Waals surface area (Å²) in [6, 6.07) is 8.36. The number of carbonyl (C=O) groups excluding carboxylic acids is 2. The fourth-order valence-electron chi connectivity index (χ4n) is 4.23. The lowest BCUT2D eigenvalue weighted by Gasteiger charge is -2.31. The average Bonchev–Trinajstić information content (AvgIpc) is 3.21. The topological polar surface area (TPSA) is 76.5 Å². The maximum atomic E-state index is 13.1. The molecule has 0 radical (unpaired) electrons. The van der Waals surface area contributed by atoms with Gasteiger partial charge in [0, 0.05) is 25.6 Å². The highest BCUT2D eigenvalue weighted by atomic mass is 16.5. The first-order valence-electron chi connectivity index (χ1n) is 11.2. The molecule has 0 bridgehead atoms. The van der Waals surface area contributed by atoms with Gasteiger partial charge in [-0.2, -0.15) is 0 Å². The van der Waals surface area contributed by atoms with Crippen molar-refractivity contribution < 1.29 is 14.3 Å². The molecule has 0 spiro atoms. The molecule has 1 aromatic heterocycles. The van der Waals surface area contributed by atoms with Crippen molar-refractivity contribution in [2.75, 3.05) is 19.6 Å². The zero-order valence-electron chi connectivity index (χ0n) is 18.6. The van der Waals surface area contributed by atoms with Crippen LogP contribution in [-0.4, -0.2) is 45.9 Å². The molecule has 166 valence electrons. The Bertz CT molecular complexity index is 927. The van der Waals surface area contributed by atoms with Crippen molar-refractivity contribution in [1.82, 2.24) is 19.8 Å². The van der Waals surface area contributed by atoms with Crippen molar-refractivity contribution in [2.45, 2.75) is 52.9 Å². The third-order valence-corrected chi connectivity index (χ3v) is 6.22. The lowest BCUT2D eigenvalue weighted by molar-refractivity contribution is -0.126. The molecule has 2 aliphatic heterocycles. The van der Waals surface area contributed by atoms with Crippen molar-refractivity contribution in [2.24, 2.45) is 11.8 Å². The van der Waals surface area contributed by atoms with Gasteiger partial charge in [0.05, 0.1) is 25.2 Å². The van der Waals surface area contributed by atoms with Gasteiger partial charge in [-0.25, -0.2) is 4.98 Å². The second-order valence-electron chi connectivity index (χ2n) is 9.11. The molecule has 0 saturated carbocycles. The van der Waals surface area contributed by atoms with E-state index in [1.165, 1.54) is 5.56 Å². The highest BCUT2D eigenvalue weighted by Gasteiger charge is 2.32. The zero-order chi connectivity index (χ0) is 22.0. The van der Waals surface area contributed by atoms with E-state index in [9.17, 15) is 9.59 Å². The second kappa shape index (κ2) is 9.22. The predicted molar refractivity (Wildman–Crippen MR) is 117 cm³/mol. The van der Waals surface area contributed by atoms with Gasteiger partial charge in [-0.1, -0.05) is 43.7 Å². The van der Waals surface area contributed by atoms with Gasteiger partial charge in [-0.15, -0.1) is 0 Å². The smallest absolute Gasteiger partial charge is 0.274 e. The number of nitrogens with one attached hydrogen (secondary N) is 1. The van der Waals surface area contributed by atoms with E-state index >= 15 is 0 Å². The monoisotopic (exact) mass is 424 g/mol. The number of rotatable bonds is 5. The first-order valence-corrected chi connectivity index (χ1v) is 11.2. The summed E-state index contributed by atoms with van der Waals surface area (Å²) in [4.78, 5) is 31.7. The number of imidazole rings is 1. The molecule has 31 heavy (non-hydrogen) atoms. The fraction of sp³-hybridized carbons (Fsp3) is 0.542. The maximum Gasteiger partial charge on any atom is 0.274 e. The first-order chi connectivity index (χ1) is 14.9. The molecule has 3 heterocycles. The quantitative estimate of drug-likeness (QED) is 0.800. The van der Waals surface area contributed by atoms with E-state index in [-0.39, 0.29) is 23.8 Å². The van der Waals surface area contributed by atoms with Crippen LogP contribution in [0.15, 0.2) is 30.6 Å². The van der Waals surface area contributed by atoms with Gasteiger partial charge in [-0.05, 0) is 31.2 Å². The summed E-state index contributed by atoms with van der Waals surface area (Å²) in [7, 11) is 0. The molecule has 4 rings (SSSR count). The number of likely N-dealkylation sites (tertiary alicyclic amines) is 1. The first kappa shape index (κ1) is 21.6. The van der Waals surface area contributed by atoms with Crippen LogP contribution in [0.4, 0.5) is 0 Å². The summed E-state index contributed by atoms with van der Waals surface area (Å²) in [6.45, 7) is 9.11. The summed E-state index contributed by atoms with van der Waals surface area (Å²) in [5.41, 5.74) is 3.67. The van der Waals surface area contributed by atoms with Gasteiger partial charge in [-0.3, -0.25) is 9.59 Å². The van der Waals surface area contributed by atoms with Crippen molar-refractivity contribution in [3.8, 4) is 0 Å². The Labute approximate surface area is 183 Å². The minimum Gasteiger partial charge on any atom is -0.365 e. The Kier molecular flexibility index (Phi) is 6.41. The number of nitrogens with zero attached hydrogens (tertiary/aromatic N) is 3. The second-order valence-corrected chi connectivity index (χ2v) is 9.11. The van der Waals surface area contributed by atoms with Crippen molar-refractivity contribution in [3.05, 3.63) is 53.1 Å². The molecule has 0 aliphatic carbocycles. The fourth-order valence-corrected chi connectivity index (χ4v) is 4.23. The number of hydrogen-bond donors (Lipinski definition) is 1. The van der Waals surface area contributed by atoms with E-state index in [0.717, 1.165) is 11.3 Å². The van der Waals surface area contributed by atoms with Gasteiger partial charge >= 0.3 is 0 Å². The molecule has 2 aliphatic rings. The minimum atomic E-state index is -0.0628. The van der Waals surface area contributed by atoms with Crippen molar-refractivity contribution in [3.63, 3.8) is 0 Å². The largest absolute Gasteiger partial charge is 0.365 e. The van der Waals surface area contributed by atoms with Crippen LogP contribution in [0.1, 0.15) is 60.1 Å². The SMILES string of the molecule is Cc1ccc(C2Cn3cnc(C(=O)N4CCC(C(=O)NCC(C)C)CC4)c3CO2)cc1. The Morgan fingerprint density at radius 3 is 2.58 bits per heavy atom. The number of fused-ring (bicyclic) bond motifs is 1. The molecular formula is C24H32N4O3. The number of amides is 2. The number of ether oxygens (including phenoxy) is 1. The predicted octanol–water partition coefficient (Wildman–Crippen LogP) is 3.09. The Morgan fingerprint density at radius 2 is 1.90 bits per heavy atom. The molecule has 1 N–H and O–H groups in total. The Morgan fingerprint density at radius 1 is 1.19 bits per heavy atom. The zero-order valence-corrected chi connectivity index (χ0v) is 18.6. The molecule has 1 fully saturated rings. The molecule has 1 atom stereocenters. The number of piperidine rings is 1. The number of carbonyl (C=O) groups is 2. The van der Waals surface area contributed by atoms with Crippen molar-refractivity contribution >= 4 is 11.8 Å². The third-order valence-electron chi connectivity index (χ3n) is 6.22. The molecule has 7 nitrogen and oxygen atoms in total. The van der Waals surface area contributed by atoms with Crippen LogP contribution < -0.4 is 5.32 Å². The van der Waals surface area contributed by atoms with E-state index in [1.807, 2.05) is 9.47 Å². The van der Waals surface area contributed by atoms with E-state index in [2.05, 4.69) is 55.3 Å². The summed E-state index contributed by atoms with van der Waals surface area (Å²) in [5.74, 6) is 0.464. The van der Waals surface area contributed by atoms with Crippen LogP contribution in [0.3, 0.4) is 0 Å². The highest BCUT2D eigenvalue weighted by Crippen LogP contribution is 2.29. The Balaban J connectivity index is 1.36. The lowest BCUT2D eigenvalue weighted by Crippen LogP contribution is -2.44. The summed E-state index contributed by atoms with van der Waals surface area (Å²) in [6.07, 6.45) is 3.10. The molecule has 2 aromatic rings. The lowest BCUT2D eigenvalue weighted by atomic mass is 9.95. The van der Waals surface area contributed by atoms with Crippen molar-refractivity contribution in [1.29, 1.82) is 0 Å². The average molecular weight is 425 g/mol. The van der Waals surface area contributed by atoms with E-state index in [0.29, 0.717) is 57.2 Å². The van der Waals surface area contributed by atoms with Crippen LogP contribution in [0, 0.1) is 18.8 Å². The van der Waals surface area contributed by atoms with Crippen LogP contribution >= 0.6 is 0 Å². The van der Waals surface area contributed by atoms with Crippen LogP contribution in [-0.2, 0) is 22.7 Å². The number of aromatic nitrogens is 2. The van der Waals surface area contributed by atoms with Crippen LogP contribution in [0.2, 0.25) is 0 Å². The van der Waals surface area contributed by atoms with E-state index in [1.54, 1.807) is 6.33 Å².